The van der Waals surface area contributed by atoms with E-state index >= 15 is 0 Å². The van der Waals surface area contributed by atoms with Crippen LogP contribution in [0.15, 0.2) is 40.7 Å². The lowest BCUT2D eigenvalue weighted by atomic mass is 10.1. The highest BCUT2D eigenvalue weighted by Crippen LogP contribution is 2.34. The van der Waals surface area contributed by atoms with Crippen LogP contribution in [-0.2, 0) is 0 Å². The summed E-state index contributed by atoms with van der Waals surface area (Å²) < 4.78 is 1.99. The number of azo groups is 1. The number of nitrogens with zero attached hydrogens (tertiary/aromatic N) is 4. The fourth-order valence-corrected chi connectivity index (χ4v) is 3.13. The van der Waals surface area contributed by atoms with Crippen LogP contribution in [0.25, 0.3) is 5.65 Å². The average Bonchev–Trinajstić information content (AvgIpc) is 2.84. The number of aromatic nitrogens is 2. The van der Waals surface area contributed by atoms with Crippen molar-refractivity contribution < 1.29 is 0 Å². The van der Waals surface area contributed by atoms with Crippen molar-refractivity contribution in [3.8, 4) is 0 Å². The highest BCUT2D eigenvalue weighted by atomic mass is 35.5. The molecule has 0 amide bonds. The third-order valence-corrected chi connectivity index (χ3v) is 4.25. The molecule has 0 aliphatic heterocycles. The fourth-order valence-electron chi connectivity index (χ4n) is 2.78. The summed E-state index contributed by atoms with van der Waals surface area (Å²) >= 11 is 6.34. The van der Waals surface area contributed by atoms with E-state index in [-0.39, 0.29) is 5.92 Å². The van der Waals surface area contributed by atoms with Gasteiger partial charge in [0.2, 0.25) is 0 Å². The van der Waals surface area contributed by atoms with Crippen molar-refractivity contribution in [2.45, 2.75) is 40.5 Å². The zero-order valence-corrected chi connectivity index (χ0v) is 15.4. The zero-order valence-electron chi connectivity index (χ0n) is 14.6. The Morgan fingerprint density at radius 1 is 1.04 bits per heavy atom. The van der Waals surface area contributed by atoms with Crippen molar-refractivity contribution in [3.63, 3.8) is 0 Å². The minimum Gasteiger partial charge on any atom is -0.283 e. The molecule has 0 saturated carbocycles. The number of hydrogen-bond donors (Lipinski definition) is 0. The number of rotatable bonds is 3. The zero-order chi connectivity index (χ0) is 17.4. The monoisotopic (exact) mass is 340 g/mol. The number of pyridine rings is 1. The fraction of sp³-hybridized carbons (Fsp3) is 0.316. The maximum Gasteiger partial charge on any atom is 0.183 e. The molecule has 24 heavy (non-hydrogen) atoms. The van der Waals surface area contributed by atoms with Crippen LogP contribution in [-0.4, -0.2) is 9.38 Å². The summed E-state index contributed by atoms with van der Waals surface area (Å²) in [6.07, 6.45) is 2.03. The molecule has 0 fully saturated rings. The van der Waals surface area contributed by atoms with Crippen molar-refractivity contribution in [3.05, 3.63) is 57.9 Å². The number of halogens is 1. The summed E-state index contributed by atoms with van der Waals surface area (Å²) in [5.41, 5.74) is 5.80. The predicted octanol–water partition coefficient (Wildman–Crippen LogP) is 6.45. The number of benzene rings is 1. The Morgan fingerprint density at radius 2 is 1.79 bits per heavy atom. The van der Waals surface area contributed by atoms with Gasteiger partial charge in [0.25, 0.3) is 0 Å². The van der Waals surface area contributed by atoms with Gasteiger partial charge < -0.3 is 0 Å². The Morgan fingerprint density at radius 3 is 2.46 bits per heavy atom. The maximum absolute atomic E-state index is 6.34. The lowest BCUT2D eigenvalue weighted by Crippen LogP contribution is -1.88. The molecule has 5 heteroatoms. The lowest BCUT2D eigenvalue weighted by Gasteiger charge is -2.05. The van der Waals surface area contributed by atoms with Gasteiger partial charge in [0.15, 0.2) is 5.82 Å². The molecule has 4 nitrogen and oxygen atoms in total. The number of hydrogen-bond acceptors (Lipinski definition) is 3. The molecular formula is C19H21ClN4. The van der Waals surface area contributed by atoms with Crippen LogP contribution in [0.2, 0.25) is 5.02 Å². The molecule has 124 valence electrons. The predicted molar refractivity (Wildman–Crippen MR) is 99.1 cm³/mol. The Kier molecular flexibility index (Phi) is 4.41. The highest BCUT2D eigenvalue weighted by molar-refractivity contribution is 6.33. The van der Waals surface area contributed by atoms with Crippen LogP contribution in [0.4, 0.5) is 11.5 Å². The molecule has 2 aromatic heterocycles. The van der Waals surface area contributed by atoms with E-state index < -0.39 is 0 Å². The molecule has 0 spiro atoms. The summed E-state index contributed by atoms with van der Waals surface area (Å²) in [7, 11) is 0. The summed E-state index contributed by atoms with van der Waals surface area (Å²) in [6, 6.07) is 8.02. The first-order chi connectivity index (χ1) is 11.4. The van der Waals surface area contributed by atoms with Gasteiger partial charge in [-0.15, -0.1) is 10.2 Å². The lowest BCUT2D eigenvalue weighted by molar-refractivity contribution is 0.831. The molecule has 0 N–H and O–H groups in total. The van der Waals surface area contributed by atoms with E-state index in [9.17, 15) is 0 Å². The summed E-state index contributed by atoms with van der Waals surface area (Å²) in [6.45, 7) is 10.3. The van der Waals surface area contributed by atoms with Gasteiger partial charge in [0.1, 0.15) is 11.3 Å². The highest BCUT2D eigenvalue weighted by Gasteiger charge is 2.15. The average molecular weight is 341 g/mol. The molecule has 0 unspecified atom stereocenters. The Hall–Kier alpha value is -2.20. The summed E-state index contributed by atoms with van der Waals surface area (Å²) in [5.74, 6) is 1.02. The van der Waals surface area contributed by atoms with Gasteiger partial charge >= 0.3 is 0 Å². The third kappa shape index (κ3) is 3.06. The van der Waals surface area contributed by atoms with Gasteiger partial charge in [-0.05, 0) is 55.5 Å². The quantitative estimate of drug-likeness (QED) is 0.505. The molecule has 1 aromatic carbocycles. The Labute approximate surface area is 147 Å². The number of fused-ring (bicyclic) bond motifs is 1. The van der Waals surface area contributed by atoms with Crippen molar-refractivity contribution >= 4 is 28.8 Å². The summed E-state index contributed by atoms with van der Waals surface area (Å²) in [4.78, 5) is 4.70. The van der Waals surface area contributed by atoms with Crippen LogP contribution >= 0.6 is 11.6 Å². The second-order valence-corrected chi connectivity index (χ2v) is 6.93. The largest absolute Gasteiger partial charge is 0.283 e. The molecule has 2 heterocycles. The van der Waals surface area contributed by atoms with Crippen LogP contribution in [0.1, 0.15) is 42.1 Å². The van der Waals surface area contributed by atoms with Crippen molar-refractivity contribution in [1.29, 1.82) is 0 Å². The van der Waals surface area contributed by atoms with Crippen LogP contribution in [0, 0.1) is 20.8 Å². The molecular weight excluding hydrogens is 320 g/mol. The second-order valence-electron chi connectivity index (χ2n) is 6.52. The number of aryl methyl sites for hydroxylation is 3. The van der Waals surface area contributed by atoms with Gasteiger partial charge in [0.05, 0.1) is 10.7 Å². The SMILES string of the molecule is Cc1cc(C)c(N=Nc2c(C(C)C)nc3ccc(C)cn23)c(Cl)c1. The topological polar surface area (TPSA) is 42.0 Å². The Balaban J connectivity index is 2.16. The molecule has 3 aromatic rings. The minimum atomic E-state index is 0.258. The van der Waals surface area contributed by atoms with Gasteiger partial charge in [-0.2, -0.15) is 0 Å². The van der Waals surface area contributed by atoms with E-state index in [1.54, 1.807) is 0 Å². The molecule has 0 saturated heterocycles. The van der Waals surface area contributed by atoms with Crippen LogP contribution in [0.5, 0.6) is 0 Å². The van der Waals surface area contributed by atoms with E-state index in [0.717, 1.165) is 33.8 Å². The molecule has 0 aliphatic carbocycles. The van der Waals surface area contributed by atoms with Crippen LogP contribution in [0.3, 0.4) is 0 Å². The van der Waals surface area contributed by atoms with Gasteiger partial charge in [-0.25, -0.2) is 4.98 Å². The maximum atomic E-state index is 6.34. The van der Waals surface area contributed by atoms with Crippen molar-refractivity contribution in [2.24, 2.45) is 10.2 Å². The minimum absolute atomic E-state index is 0.258. The van der Waals surface area contributed by atoms with E-state index in [4.69, 9.17) is 16.6 Å². The smallest absolute Gasteiger partial charge is 0.183 e. The van der Waals surface area contributed by atoms with Gasteiger partial charge in [0, 0.05) is 6.20 Å². The van der Waals surface area contributed by atoms with E-state index in [2.05, 4.69) is 37.1 Å². The van der Waals surface area contributed by atoms with E-state index in [1.807, 2.05) is 42.6 Å². The summed E-state index contributed by atoms with van der Waals surface area (Å²) in [5, 5.41) is 9.58. The van der Waals surface area contributed by atoms with Gasteiger partial charge in [-0.3, -0.25) is 4.40 Å². The van der Waals surface area contributed by atoms with E-state index in [1.165, 1.54) is 0 Å². The second kappa shape index (κ2) is 6.36. The standard InChI is InChI=1S/C19H21ClN4/c1-11(2)17-19(24-10-12(3)6-7-16(24)21-17)23-22-18-14(5)8-13(4)9-15(18)20/h6-11H,1-5H3. The Bertz CT molecular complexity index is 915. The van der Waals surface area contributed by atoms with E-state index in [0.29, 0.717) is 10.7 Å². The molecule has 3 rings (SSSR count). The molecule has 0 radical (unpaired) electrons. The molecule has 0 bridgehead atoms. The van der Waals surface area contributed by atoms with Crippen molar-refractivity contribution in [1.82, 2.24) is 9.38 Å². The first kappa shape index (κ1) is 16.7. The molecule has 0 aliphatic rings. The third-order valence-electron chi connectivity index (χ3n) is 3.96. The van der Waals surface area contributed by atoms with Gasteiger partial charge in [-0.1, -0.05) is 37.6 Å². The first-order valence-electron chi connectivity index (χ1n) is 8.04. The molecule has 0 atom stereocenters. The van der Waals surface area contributed by atoms with Crippen molar-refractivity contribution in [2.75, 3.05) is 0 Å². The van der Waals surface area contributed by atoms with Crippen LogP contribution < -0.4 is 0 Å². The first-order valence-corrected chi connectivity index (χ1v) is 8.41. The number of imidazole rings is 1. The normalized spacial score (nSPS) is 12.0.